The number of carbonyl (C=O) groups excluding carboxylic acids is 2. The van der Waals surface area contributed by atoms with Crippen LogP contribution in [0.2, 0.25) is 13.6 Å². The Balaban J connectivity index is 3.65. The highest BCUT2D eigenvalue weighted by Crippen LogP contribution is 1.85. The molecule has 0 aliphatic rings. The lowest BCUT2D eigenvalue weighted by molar-refractivity contribution is -0.146. The van der Waals surface area contributed by atoms with Gasteiger partial charge in [-0.05, 0) is 13.6 Å². The Morgan fingerprint density at radius 2 is 1.78 bits per heavy atom. The van der Waals surface area contributed by atoms with Crippen molar-refractivity contribution in [3.05, 3.63) is 0 Å². The van der Waals surface area contributed by atoms with Gasteiger partial charge < -0.3 is 4.65 Å². The molecule has 0 radical (unpaired) electrons. The van der Waals surface area contributed by atoms with Crippen molar-refractivity contribution in [3.63, 3.8) is 0 Å². The summed E-state index contributed by atoms with van der Waals surface area (Å²) in [6, 6.07) is 0. The van der Waals surface area contributed by atoms with Crippen LogP contribution in [0.25, 0.3) is 0 Å². The number of ketones is 1. The molecule has 0 saturated heterocycles. The van der Waals surface area contributed by atoms with Gasteiger partial charge in [0, 0.05) is 6.92 Å². The van der Waals surface area contributed by atoms with Crippen LogP contribution in [0.1, 0.15) is 6.92 Å². The van der Waals surface area contributed by atoms with Crippen molar-refractivity contribution in [3.8, 4) is 0 Å². The second kappa shape index (κ2) is 3.27. The van der Waals surface area contributed by atoms with Crippen LogP contribution in [0.15, 0.2) is 0 Å². The minimum absolute atomic E-state index is 0.207. The predicted octanol–water partition coefficient (Wildman–Crippen LogP) is 0.370. The minimum Gasteiger partial charge on any atom is -0.531 e. The molecular formula is C5H9BO3. The number of rotatable bonds is 2. The van der Waals surface area contributed by atoms with Gasteiger partial charge in [0.15, 0.2) is 0 Å². The predicted molar refractivity (Wildman–Crippen MR) is 34.3 cm³/mol. The normalized spacial score (nSPS) is 8.33. The quantitative estimate of drug-likeness (QED) is 0.398. The highest BCUT2D eigenvalue weighted by molar-refractivity contribution is 6.54. The number of hydrogen-bond acceptors (Lipinski definition) is 3. The van der Waals surface area contributed by atoms with Crippen LogP contribution in [-0.2, 0) is 14.2 Å². The van der Waals surface area contributed by atoms with E-state index in [1.807, 2.05) is 0 Å². The zero-order chi connectivity index (χ0) is 7.44. The molecule has 4 heteroatoms. The Hall–Kier alpha value is -0.795. The van der Waals surface area contributed by atoms with Gasteiger partial charge in [0.1, 0.15) is 0 Å². The Bertz CT molecular complexity index is 130. The molecule has 0 rings (SSSR count). The SMILES string of the molecule is CB(C)OC(=O)C(C)=O. The Morgan fingerprint density at radius 3 is 1.89 bits per heavy atom. The van der Waals surface area contributed by atoms with E-state index in [1.165, 1.54) is 6.92 Å². The van der Waals surface area contributed by atoms with E-state index in [9.17, 15) is 9.59 Å². The second-order valence-corrected chi connectivity index (χ2v) is 2.01. The summed E-state index contributed by atoms with van der Waals surface area (Å²) in [5, 5.41) is 0. The fourth-order valence-electron chi connectivity index (χ4n) is 0.297. The van der Waals surface area contributed by atoms with Crippen LogP contribution in [0.5, 0.6) is 0 Å². The zero-order valence-corrected chi connectivity index (χ0v) is 5.80. The molecule has 0 aliphatic carbocycles. The summed E-state index contributed by atoms with van der Waals surface area (Å²) in [5.74, 6) is -1.31. The maximum absolute atomic E-state index is 10.4. The van der Waals surface area contributed by atoms with Gasteiger partial charge >= 0.3 is 12.9 Å². The van der Waals surface area contributed by atoms with E-state index in [2.05, 4.69) is 4.65 Å². The van der Waals surface area contributed by atoms with Crippen molar-refractivity contribution in [2.75, 3.05) is 0 Å². The molecule has 0 bridgehead atoms. The van der Waals surface area contributed by atoms with Crippen molar-refractivity contribution in [2.45, 2.75) is 20.6 Å². The summed E-state index contributed by atoms with van der Waals surface area (Å²) in [7, 11) is 0. The van der Waals surface area contributed by atoms with Gasteiger partial charge in [-0.15, -0.1) is 0 Å². The molecule has 0 amide bonds. The highest BCUT2D eigenvalue weighted by atomic mass is 16.5. The summed E-state index contributed by atoms with van der Waals surface area (Å²) in [6.45, 7) is 4.37. The highest BCUT2D eigenvalue weighted by Gasteiger charge is 2.11. The van der Waals surface area contributed by atoms with E-state index in [0.29, 0.717) is 0 Å². The van der Waals surface area contributed by atoms with Crippen molar-refractivity contribution < 1.29 is 14.2 Å². The third kappa shape index (κ3) is 3.76. The third-order valence-electron chi connectivity index (χ3n) is 0.630. The fourth-order valence-corrected chi connectivity index (χ4v) is 0.297. The molecular weight excluding hydrogens is 119 g/mol. The first-order valence-corrected chi connectivity index (χ1v) is 2.75. The van der Waals surface area contributed by atoms with Gasteiger partial charge in [0.05, 0.1) is 0 Å². The van der Waals surface area contributed by atoms with Crippen LogP contribution >= 0.6 is 0 Å². The average Bonchev–Trinajstić information content (AvgIpc) is 1.63. The summed E-state index contributed by atoms with van der Waals surface area (Å²) >= 11 is 0. The van der Waals surface area contributed by atoms with Crippen LogP contribution in [-0.4, -0.2) is 18.7 Å². The molecule has 0 heterocycles. The van der Waals surface area contributed by atoms with Gasteiger partial charge in [-0.3, -0.25) is 4.79 Å². The standard InChI is InChI=1S/C5H9BO3/c1-4(7)5(8)9-6(2)3/h1-3H3. The van der Waals surface area contributed by atoms with Gasteiger partial charge in [-0.2, -0.15) is 0 Å². The minimum atomic E-state index is -0.759. The van der Waals surface area contributed by atoms with Crippen LogP contribution in [0.4, 0.5) is 0 Å². The van der Waals surface area contributed by atoms with Crippen LogP contribution in [0, 0.1) is 0 Å². The van der Waals surface area contributed by atoms with E-state index in [4.69, 9.17) is 0 Å². The molecule has 0 aliphatic heterocycles. The van der Waals surface area contributed by atoms with Crippen molar-refractivity contribution >= 4 is 18.7 Å². The third-order valence-corrected chi connectivity index (χ3v) is 0.630. The molecule has 50 valence electrons. The van der Waals surface area contributed by atoms with E-state index in [1.54, 1.807) is 13.6 Å². The molecule has 0 aromatic rings. The summed E-state index contributed by atoms with van der Waals surface area (Å²) in [4.78, 5) is 20.6. The van der Waals surface area contributed by atoms with Crippen LogP contribution < -0.4 is 0 Å². The molecule has 3 nitrogen and oxygen atoms in total. The van der Waals surface area contributed by atoms with E-state index in [0.717, 1.165) is 0 Å². The Morgan fingerprint density at radius 1 is 1.33 bits per heavy atom. The number of Topliss-reactive ketones (excluding diaryl/α,β-unsaturated/α-hetero) is 1. The molecule has 0 aromatic carbocycles. The molecule has 0 unspecified atom stereocenters. The molecule has 9 heavy (non-hydrogen) atoms. The lowest BCUT2D eigenvalue weighted by atomic mass is 9.75. The Labute approximate surface area is 54.5 Å². The smallest absolute Gasteiger partial charge is 0.356 e. The topological polar surface area (TPSA) is 43.4 Å². The van der Waals surface area contributed by atoms with Gasteiger partial charge in [-0.25, -0.2) is 4.79 Å². The fraction of sp³-hybridized carbons (Fsp3) is 0.600. The first-order valence-electron chi connectivity index (χ1n) is 2.75. The second-order valence-electron chi connectivity index (χ2n) is 2.01. The van der Waals surface area contributed by atoms with E-state index >= 15 is 0 Å². The van der Waals surface area contributed by atoms with Gasteiger partial charge in [-0.1, -0.05) is 0 Å². The summed E-state index contributed by atoms with van der Waals surface area (Å²) in [5.41, 5.74) is 0. The number of carbonyl (C=O) groups is 2. The lowest BCUT2D eigenvalue weighted by Crippen LogP contribution is -2.20. The van der Waals surface area contributed by atoms with Crippen molar-refractivity contribution in [1.29, 1.82) is 0 Å². The van der Waals surface area contributed by atoms with Crippen LogP contribution in [0.3, 0.4) is 0 Å². The molecule has 0 saturated carbocycles. The molecule has 0 spiro atoms. The van der Waals surface area contributed by atoms with Gasteiger partial charge in [0.25, 0.3) is 0 Å². The zero-order valence-electron chi connectivity index (χ0n) is 5.80. The maximum Gasteiger partial charge on any atom is 0.356 e. The molecule has 0 N–H and O–H groups in total. The molecule has 0 fully saturated rings. The average molecular weight is 128 g/mol. The van der Waals surface area contributed by atoms with E-state index < -0.39 is 11.8 Å². The van der Waals surface area contributed by atoms with Crippen molar-refractivity contribution in [2.24, 2.45) is 0 Å². The first-order chi connectivity index (χ1) is 4.04. The van der Waals surface area contributed by atoms with E-state index in [-0.39, 0.29) is 6.92 Å². The lowest BCUT2D eigenvalue weighted by Gasteiger charge is -2.00. The largest absolute Gasteiger partial charge is 0.531 e. The number of hydrogen-bond donors (Lipinski definition) is 0. The first kappa shape index (κ1) is 8.20. The molecule has 0 atom stereocenters. The maximum atomic E-state index is 10.4. The monoisotopic (exact) mass is 128 g/mol. The summed E-state index contributed by atoms with van der Waals surface area (Å²) < 4.78 is 4.52. The molecule has 0 aromatic heterocycles. The summed E-state index contributed by atoms with van der Waals surface area (Å²) in [6.07, 6.45) is 0. The Kier molecular flexibility index (Phi) is 2.98. The van der Waals surface area contributed by atoms with Crippen molar-refractivity contribution in [1.82, 2.24) is 0 Å². The van der Waals surface area contributed by atoms with Gasteiger partial charge in [0.2, 0.25) is 5.78 Å².